The van der Waals surface area contributed by atoms with Crippen molar-refractivity contribution in [2.24, 2.45) is 5.14 Å². The number of ether oxygens (including phenoxy) is 2. The number of thiol groups is 1. The van der Waals surface area contributed by atoms with Crippen LogP contribution in [0.3, 0.4) is 0 Å². The Labute approximate surface area is 190 Å². The molecule has 33 heavy (non-hydrogen) atoms. The van der Waals surface area contributed by atoms with E-state index < -0.39 is 22.2 Å². The van der Waals surface area contributed by atoms with Gasteiger partial charge in [-0.1, -0.05) is 12.1 Å². The van der Waals surface area contributed by atoms with Crippen LogP contribution in [0.1, 0.15) is 17.5 Å². The van der Waals surface area contributed by atoms with Gasteiger partial charge in [0.05, 0.1) is 31.8 Å². The Morgan fingerprint density at radius 1 is 1.30 bits per heavy atom. The first-order valence-corrected chi connectivity index (χ1v) is 12.2. The van der Waals surface area contributed by atoms with Crippen LogP contribution in [0.15, 0.2) is 35.5 Å². The van der Waals surface area contributed by atoms with Crippen LogP contribution in [0, 0.1) is 5.82 Å². The largest absolute Gasteiger partial charge is 0.481 e. The molecule has 3 heterocycles. The Balaban J connectivity index is 1.45. The Bertz CT molecular complexity index is 1310. The third-order valence-corrected chi connectivity index (χ3v) is 7.33. The molecule has 12 heteroatoms. The molecule has 1 aliphatic heterocycles. The third kappa shape index (κ3) is 3.80. The van der Waals surface area contributed by atoms with Crippen LogP contribution in [0.2, 0.25) is 0 Å². The number of aryl methyl sites for hydroxylation is 2. The van der Waals surface area contributed by atoms with Crippen LogP contribution in [-0.2, 0) is 29.7 Å². The van der Waals surface area contributed by atoms with E-state index in [9.17, 15) is 13.4 Å². The van der Waals surface area contributed by atoms with Crippen LogP contribution in [-0.4, -0.2) is 38.7 Å². The number of anilines is 1. The van der Waals surface area contributed by atoms with Crippen molar-refractivity contribution in [3.05, 3.63) is 47.5 Å². The number of carbonyl (C=O) groups is 1. The first-order chi connectivity index (χ1) is 15.9. The lowest BCUT2D eigenvalue weighted by Crippen LogP contribution is -2.45. The number of fused-ring (bicyclic) bond motifs is 2. The van der Waals surface area contributed by atoms with E-state index in [2.05, 4.69) is 20.1 Å². The molecule has 0 spiro atoms. The number of amides is 2. The quantitative estimate of drug-likeness (QED) is 0.418. The highest BCUT2D eigenvalue weighted by molar-refractivity contribution is 7.99. The number of nitrogens with two attached hydrogens (primary N) is 1. The van der Waals surface area contributed by atoms with Crippen LogP contribution in [0.4, 0.5) is 14.9 Å². The van der Waals surface area contributed by atoms with Gasteiger partial charge < -0.3 is 14.8 Å². The van der Waals surface area contributed by atoms with E-state index in [1.165, 1.54) is 19.4 Å². The Morgan fingerprint density at radius 3 is 2.91 bits per heavy atom. The number of nitrogens with zero attached hydrogens (tertiary/aromatic N) is 3. The lowest BCUT2D eigenvalue weighted by molar-refractivity contribution is 0.224. The van der Waals surface area contributed by atoms with Crippen LogP contribution >= 0.6 is 0 Å². The van der Waals surface area contributed by atoms with Crippen molar-refractivity contribution in [3.63, 3.8) is 0 Å². The van der Waals surface area contributed by atoms with E-state index in [1.807, 2.05) is 6.07 Å². The van der Waals surface area contributed by atoms with Gasteiger partial charge in [0.1, 0.15) is 10.7 Å². The predicted molar refractivity (Wildman–Crippen MR) is 120 cm³/mol. The van der Waals surface area contributed by atoms with Gasteiger partial charge in [0.25, 0.3) is 0 Å². The van der Waals surface area contributed by atoms with Gasteiger partial charge in [-0.15, -0.1) is 0 Å². The molecule has 4 N–H and O–H groups in total. The predicted octanol–water partition coefficient (Wildman–Crippen LogP) is 1.96. The summed E-state index contributed by atoms with van der Waals surface area (Å²) < 4.78 is 42.4. The number of methoxy groups -OCH3 is 1. The normalized spacial score (nSPS) is 14.9. The maximum absolute atomic E-state index is 14.6. The summed E-state index contributed by atoms with van der Waals surface area (Å²) in [6.45, 7) is 1.06. The highest BCUT2D eigenvalue weighted by Crippen LogP contribution is 2.40. The highest BCUT2D eigenvalue weighted by atomic mass is 32.3. The second-order valence-corrected chi connectivity index (χ2v) is 9.84. The van der Waals surface area contributed by atoms with E-state index in [1.54, 1.807) is 10.7 Å². The third-order valence-electron chi connectivity index (χ3n) is 5.77. The fraction of sp³-hybridized carbons (Fsp3) is 0.286. The smallest absolute Gasteiger partial charge is 0.330 e. The van der Waals surface area contributed by atoms with Crippen molar-refractivity contribution >= 4 is 22.0 Å². The molecule has 0 atom stereocenters. The molecule has 10 nitrogen and oxygen atoms in total. The minimum atomic E-state index is -3.84. The standard InChI is InChI=1S/C21H23FN6O4S/c1-31-18-9-15(16(22)10-24-18)14-6-4-12-3-5-13(12)19(14)26-21(29)27-33(23,30)17-11-25-28-7-2-8-32-20(17)28/h4,6,9-11,33H,2-3,5,7-8H2,1H3,(H4,23,26,27,29,30). The van der Waals surface area contributed by atoms with Crippen LogP contribution in [0.25, 0.3) is 11.1 Å². The van der Waals surface area contributed by atoms with E-state index >= 15 is 0 Å². The van der Waals surface area contributed by atoms with Crippen molar-refractivity contribution < 1.29 is 22.9 Å². The Morgan fingerprint density at radius 2 is 2.15 bits per heavy atom. The molecule has 3 aromatic rings. The van der Waals surface area contributed by atoms with Gasteiger partial charge in [-0.3, -0.25) is 9.86 Å². The number of nitrogens with one attached hydrogen (secondary N) is 2. The zero-order valence-corrected chi connectivity index (χ0v) is 18.7. The Kier molecular flexibility index (Phi) is 5.25. The molecule has 5 rings (SSSR count). The minimum Gasteiger partial charge on any atom is -0.481 e. The number of urea groups is 1. The van der Waals surface area contributed by atoms with Gasteiger partial charge in [-0.25, -0.2) is 23.1 Å². The van der Waals surface area contributed by atoms with E-state index in [0.29, 0.717) is 36.7 Å². The average Bonchev–Trinajstić information content (AvgIpc) is 3.20. The molecule has 1 aromatic carbocycles. The second kappa shape index (κ2) is 8.12. The minimum absolute atomic E-state index is 0.142. The zero-order chi connectivity index (χ0) is 23.2. The van der Waals surface area contributed by atoms with Crippen molar-refractivity contribution in [1.82, 2.24) is 19.5 Å². The van der Waals surface area contributed by atoms with Gasteiger partial charge in [-0.05, 0) is 24.0 Å². The van der Waals surface area contributed by atoms with Crippen LogP contribution < -0.4 is 24.7 Å². The van der Waals surface area contributed by atoms with E-state index in [4.69, 9.17) is 14.6 Å². The maximum Gasteiger partial charge on any atom is 0.330 e. The lowest BCUT2D eigenvalue weighted by Gasteiger charge is -2.27. The molecular weight excluding hydrogens is 451 g/mol. The zero-order valence-electron chi connectivity index (χ0n) is 17.8. The molecular formula is C21H23FN6O4S. The maximum atomic E-state index is 14.6. The van der Waals surface area contributed by atoms with Gasteiger partial charge in [0.15, 0.2) is 0 Å². The lowest BCUT2D eigenvalue weighted by atomic mass is 9.84. The molecule has 0 saturated carbocycles. The summed E-state index contributed by atoms with van der Waals surface area (Å²) in [5, 5.41) is 12.9. The molecule has 0 radical (unpaired) electrons. The number of rotatable bonds is 5. The number of aromatic nitrogens is 3. The number of carbonyl (C=O) groups excluding carboxylic acids is 1. The number of pyridine rings is 1. The molecule has 0 saturated heterocycles. The summed E-state index contributed by atoms with van der Waals surface area (Å²) in [5.74, 6) is -0.0311. The van der Waals surface area contributed by atoms with Crippen molar-refractivity contribution in [2.45, 2.75) is 30.7 Å². The van der Waals surface area contributed by atoms with Crippen molar-refractivity contribution in [2.75, 3.05) is 19.0 Å². The Hall–Kier alpha value is -3.51. The SMILES string of the molecule is COc1cc(-c2ccc3c(c2NC(=O)N[SH](N)(=O)c2cnn4c2OCCC4)CC3)c(F)cn1. The molecule has 0 bridgehead atoms. The molecule has 0 unspecified atom stereocenters. The number of benzene rings is 1. The number of halogens is 1. The van der Waals surface area contributed by atoms with Crippen LogP contribution in [0.5, 0.6) is 11.8 Å². The van der Waals surface area contributed by atoms with Gasteiger partial charge in [0.2, 0.25) is 11.8 Å². The highest BCUT2D eigenvalue weighted by Gasteiger charge is 2.28. The van der Waals surface area contributed by atoms with E-state index in [0.717, 1.165) is 30.2 Å². The number of hydrogen-bond acceptors (Lipinski definition) is 6. The summed E-state index contributed by atoms with van der Waals surface area (Å²) >= 11 is 0. The molecule has 2 aliphatic rings. The van der Waals surface area contributed by atoms with Crippen molar-refractivity contribution in [1.29, 1.82) is 0 Å². The fourth-order valence-corrected chi connectivity index (χ4v) is 5.20. The van der Waals surface area contributed by atoms with Gasteiger partial charge in [0, 0.05) is 40.5 Å². The van der Waals surface area contributed by atoms with Gasteiger partial charge >= 0.3 is 6.03 Å². The van der Waals surface area contributed by atoms with E-state index in [-0.39, 0.29) is 16.3 Å². The summed E-state index contributed by atoms with van der Waals surface area (Å²) in [5.41, 5.74) is 3.04. The summed E-state index contributed by atoms with van der Waals surface area (Å²) in [6, 6.07) is 4.31. The number of hydrogen-bond donors (Lipinski definition) is 4. The topological polar surface area (TPSA) is 133 Å². The summed E-state index contributed by atoms with van der Waals surface area (Å²) in [7, 11) is -2.41. The monoisotopic (exact) mass is 474 g/mol. The molecule has 1 aliphatic carbocycles. The molecule has 174 valence electrons. The first kappa shape index (κ1) is 21.3. The molecule has 0 fully saturated rings. The molecule has 2 amide bonds. The fourth-order valence-electron chi connectivity index (χ4n) is 4.03. The molecule has 2 aromatic heterocycles. The summed E-state index contributed by atoms with van der Waals surface area (Å²) in [6.07, 6.45) is 4.75. The second-order valence-electron chi connectivity index (χ2n) is 7.82. The van der Waals surface area contributed by atoms with Crippen molar-refractivity contribution in [3.8, 4) is 22.9 Å². The van der Waals surface area contributed by atoms with Gasteiger partial charge in [-0.2, -0.15) is 5.10 Å². The first-order valence-electron chi connectivity index (χ1n) is 10.4. The summed E-state index contributed by atoms with van der Waals surface area (Å²) in [4.78, 5) is 16.9. The average molecular weight is 475 g/mol.